The van der Waals surface area contributed by atoms with Crippen LogP contribution in [0.2, 0.25) is 0 Å². The number of rotatable bonds is 4. The normalized spacial score (nSPS) is 19.5. The molecule has 2 aromatic rings. The van der Waals surface area contributed by atoms with Gasteiger partial charge in [-0.1, -0.05) is 11.2 Å². The van der Waals surface area contributed by atoms with Gasteiger partial charge in [0.15, 0.2) is 11.6 Å². The fourth-order valence-corrected chi connectivity index (χ4v) is 2.49. The van der Waals surface area contributed by atoms with Crippen LogP contribution in [0.15, 0.2) is 22.7 Å². The standard InChI is InChI=1S/C15H17F2N3O2/c1-10-18-15(19-22-10)14-9-20(6-7-21-14)5-4-11-2-3-12(16)13(17)8-11/h2-3,8,14H,4-7,9H2,1H3/t14-/m1/s1. The predicted molar refractivity (Wildman–Crippen MR) is 74.2 cm³/mol. The summed E-state index contributed by atoms with van der Waals surface area (Å²) in [7, 11) is 0. The highest BCUT2D eigenvalue weighted by atomic mass is 19.2. The van der Waals surface area contributed by atoms with Crippen LogP contribution in [0.4, 0.5) is 8.78 Å². The summed E-state index contributed by atoms with van der Waals surface area (Å²) in [6, 6.07) is 4.02. The summed E-state index contributed by atoms with van der Waals surface area (Å²) in [4.78, 5) is 6.38. The fraction of sp³-hybridized carbons (Fsp3) is 0.467. The second kappa shape index (κ2) is 6.50. The molecule has 22 heavy (non-hydrogen) atoms. The highest BCUT2D eigenvalue weighted by molar-refractivity contribution is 5.18. The third-order valence-electron chi connectivity index (χ3n) is 3.68. The summed E-state index contributed by atoms with van der Waals surface area (Å²) in [5.41, 5.74) is 0.775. The van der Waals surface area contributed by atoms with Gasteiger partial charge >= 0.3 is 0 Å². The Morgan fingerprint density at radius 2 is 2.18 bits per heavy atom. The fourth-order valence-electron chi connectivity index (χ4n) is 2.49. The van der Waals surface area contributed by atoms with Crippen LogP contribution < -0.4 is 0 Å². The van der Waals surface area contributed by atoms with Gasteiger partial charge in [0.25, 0.3) is 0 Å². The van der Waals surface area contributed by atoms with Gasteiger partial charge in [-0.15, -0.1) is 0 Å². The van der Waals surface area contributed by atoms with Gasteiger partial charge in [0.1, 0.15) is 6.10 Å². The molecule has 1 aromatic heterocycles. The lowest BCUT2D eigenvalue weighted by molar-refractivity contribution is -0.0347. The van der Waals surface area contributed by atoms with Crippen molar-refractivity contribution in [2.75, 3.05) is 26.2 Å². The van der Waals surface area contributed by atoms with Crippen LogP contribution in [-0.4, -0.2) is 41.3 Å². The van der Waals surface area contributed by atoms with E-state index in [1.165, 1.54) is 6.07 Å². The Balaban J connectivity index is 1.57. The minimum atomic E-state index is -0.817. The average Bonchev–Trinajstić information content (AvgIpc) is 2.95. The maximum atomic E-state index is 13.2. The van der Waals surface area contributed by atoms with Gasteiger partial charge in [-0.2, -0.15) is 4.98 Å². The van der Waals surface area contributed by atoms with E-state index in [2.05, 4.69) is 15.0 Å². The van der Waals surface area contributed by atoms with Crippen LogP contribution in [-0.2, 0) is 11.2 Å². The van der Waals surface area contributed by atoms with Crippen molar-refractivity contribution >= 4 is 0 Å². The van der Waals surface area contributed by atoms with Gasteiger partial charge in [-0.25, -0.2) is 8.78 Å². The molecular formula is C15H17F2N3O2. The Hall–Kier alpha value is -1.86. The van der Waals surface area contributed by atoms with E-state index in [4.69, 9.17) is 9.26 Å². The first-order chi connectivity index (χ1) is 10.6. The van der Waals surface area contributed by atoms with Crippen LogP contribution in [0.25, 0.3) is 0 Å². The van der Waals surface area contributed by atoms with Crippen molar-refractivity contribution in [3.05, 3.63) is 47.1 Å². The highest BCUT2D eigenvalue weighted by Gasteiger charge is 2.25. The number of nitrogens with zero attached hydrogens (tertiary/aromatic N) is 3. The quantitative estimate of drug-likeness (QED) is 0.867. The van der Waals surface area contributed by atoms with Gasteiger partial charge in [-0.05, 0) is 24.1 Å². The van der Waals surface area contributed by atoms with Crippen molar-refractivity contribution in [2.45, 2.75) is 19.4 Å². The second-order valence-corrected chi connectivity index (χ2v) is 5.33. The first-order valence-corrected chi connectivity index (χ1v) is 7.20. The molecule has 1 aliphatic heterocycles. The molecule has 0 radical (unpaired) electrons. The topological polar surface area (TPSA) is 51.4 Å². The van der Waals surface area contributed by atoms with E-state index in [1.807, 2.05) is 0 Å². The van der Waals surface area contributed by atoms with E-state index in [0.717, 1.165) is 24.7 Å². The molecule has 1 saturated heterocycles. The number of hydrogen-bond donors (Lipinski definition) is 0. The second-order valence-electron chi connectivity index (χ2n) is 5.33. The minimum absolute atomic E-state index is 0.212. The lowest BCUT2D eigenvalue weighted by Gasteiger charge is -2.31. The van der Waals surface area contributed by atoms with Crippen molar-refractivity contribution in [3.63, 3.8) is 0 Å². The molecule has 0 N–H and O–H groups in total. The number of morpholine rings is 1. The van der Waals surface area contributed by atoms with Crippen LogP contribution in [0.5, 0.6) is 0 Å². The molecule has 0 bridgehead atoms. The molecule has 0 saturated carbocycles. The zero-order chi connectivity index (χ0) is 15.5. The monoisotopic (exact) mass is 309 g/mol. The molecule has 5 nitrogen and oxygen atoms in total. The Bertz CT molecular complexity index is 647. The van der Waals surface area contributed by atoms with Gasteiger partial charge in [0, 0.05) is 26.6 Å². The van der Waals surface area contributed by atoms with Gasteiger partial charge < -0.3 is 9.26 Å². The number of aryl methyl sites for hydroxylation is 1. The number of benzene rings is 1. The van der Waals surface area contributed by atoms with Crippen LogP contribution in [0.3, 0.4) is 0 Å². The smallest absolute Gasteiger partial charge is 0.223 e. The van der Waals surface area contributed by atoms with Gasteiger partial charge in [0.05, 0.1) is 6.61 Å². The molecule has 1 atom stereocenters. The highest BCUT2D eigenvalue weighted by Crippen LogP contribution is 2.20. The van der Waals surface area contributed by atoms with E-state index in [1.54, 1.807) is 13.0 Å². The number of aromatic nitrogens is 2. The lowest BCUT2D eigenvalue weighted by atomic mass is 10.1. The van der Waals surface area contributed by atoms with Gasteiger partial charge in [0.2, 0.25) is 11.7 Å². The Morgan fingerprint density at radius 1 is 1.32 bits per heavy atom. The molecule has 1 aromatic carbocycles. The summed E-state index contributed by atoms with van der Waals surface area (Å²) in [5.74, 6) is -0.560. The maximum absolute atomic E-state index is 13.2. The summed E-state index contributed by atoms with van der Waals surface area (Å²) in [5, 5.41) is 3.88. The summed E-state index contributed by atoms with van der Waals surface area (Å²) < 4.78 is 36.7. The molecule has 0 aliphatic carbocycles. The van der Waals surface area contributed by atoms with E-state index in [-0.39, 0.29) is 6.10 Å². The zero-order valence-electron chi connectivity index (χ0n) is 12.3. The first kappa shape index (κ1) is 15.1. The largest absolute Gasteiger partial charge is 0.367 e. The molecule has 118 valence electrons. The van der Waals surface area contributed by atoms with Crippen LogP contribution >= 0.6 is 0 Å². The third-order valence-corrected chi connectivity index (χ3v) is 3.68. The number of ether oxygens (including phenoxy) is 1. The van der Waals surface area contributed by atoms with E-state index < -0.39 is 11.6 Å². The molecule has 2 heterocycles. The first-order valence-electron chi connectivity index (χ1n) is 7.20. The third kappa shape index (κ3) is 3.48. The van der Waals surface area contributed by atoms with Crippen molar-refractivity contribution in [1.82, 2.24) is 15.0 Å². The van der Waals surface area contributed by atoms with Crippen molar-refractivity contribution < 1.29 is 18.0 Å². The summed E-state index contributed by atoms with van der Waals surface area (Å²) in [6.07, 6.45) is 0.436. The van der Waals surface area contributed by atoms with Crippen molar-refractivity contribution in [3.8, 4) is 0 Å². The molecule has 0 unspecified atom stereocenters. The lowest BCUT2D eigenvalue weighted by Crippen LogP contribution is -2.39. The summed E-state index contributed by atoms with van der Waals surface area (Å²) in [6.45, 7) is 4.50. The molecule has 7 heteroatoms. The average molecular weight is 309 g/mol. The Kier molecular flexibility index (Phi) is 4.44. The van der Waals surface area contributed by atoms with Crippen molar-refractivity contribution in [1.29, 1.82) is 0 Å². The van der Waals surface area contributed by atoms with E-state index >= 15 is 0 Å². The summed E-state index contributed by atoms with van der Waals surface area (Å²) >= 11 is 0. The van der Waals surface area contributed by atoms with E-state index in [0.29, 0.717) is 31.3 Å². The number of halogens is 2. The number of hydrogen-bond acceptors (Lipinski definition) is 5. The van der Waals surface area contributed by atoms with E-state index in [9.17, 15) is 8.78 Å². The maximum Gasteiger partial charge on any atom is 0.223 e. The zero-order valence-corrected chi connectivity index (χ0v) is 12.3. The Morgan fingerprint density at radius 3 is 2.91 bits per heavy atom. The minimum Gasteiger partial charge on any atom is -0.367 e. The molecule has 1 fully saturated rings. The van der Waals surface area contributed by atoms with Crippen molar-refractivity contribution in [2.24, 2.45) is 0 Å². The van der Waals surface area contributed by atoms with Crippen LogP contribution in [0.1, 0.15) is 23.4 Å². The molecule has 1 aliphatic rings. The Labute approximate surface area is 126 Å². The molecule has 3 rings (SSSR count). The molecular weight excluding hydrogens is 292 g/mol. The molecule has 0 amide bonds. The predicted octanol–water partition coefficient (Wildman–Crippen LogP) is 2.27. The van der Waals surface area contributed by atoms with Gasteiger partial charge in [-0.3, -0.25) is 4.90 Å². The SMILES string of the molecule is Cc1nc([C@H]2CN(CCc3ccc(F)c(F)c3)CCO2)no1. The van der Waals surface area contributed by atoms with Crippen LogP contribution in [0, 0.1) is 18.6 Å². The molecule has 0 spiro atoms.